The minimum absolute atomic E-state index is 0.827. The maximum absolute atomic E-state index is 4.28. The second-order valence-electron chi connectivity index (χ2n) is 4.16. The van der Waals surface area contributed by atoms with Gasteiger partial charge >= 0.3 is 0 Å². The molecule has 1 aliphatic heterocycles. The Hall–Kier alpha value is -1.20. The summed E-state index contributed by atoms with van der Waals surface area (Å²) in [4.78, 5) is 0. The van der Waals surface area contributed by atoms with Gasteiger partial charge in [0.1, 0.15) is 11.6 Å². The molecule has 3 rings (SSSR count). The van der Waals surface area contributed by atoms with Crippen molar-refractivity contribution in [3.63, 3.8) is 0 Å². The van der Waals surface area contributed by atoms with E-state index in [9.17, 15) is 0 Å². The number of nitrogens with zero attached hydrogens (tertiary/aromatic N) is 3. The summed E-state index contributed by atoms with van der Waals surface area (Å²) in [7, 11) is 0. The number of hydrogen-bond acceptors (Lipinski definition) is 3. The fourth-order valence-electron chi connectivity index (χ4n) is 2.07. The number of fused-ring (bicyclic) bond motifs is 1. The van der Waals surface area contributed by atoms with Crippen LogP contribution < -0.4 is 5.32 Å². The van der Waals surface area contributed by atoms with Gasteiger partial charge in [-0.05, 0) is 17.7 Å². The number of aromatic nitrogens is 3. The van der Waals surface area contributed by atoms with Crippen LogP contribution in [0.3, 0.4) is 0 Å². The number of halogens is 1. The Morgan fingerprint density at radius 3 is 2.88 bits per heavy atom. The van der Waals surface area contributed by atoms with Crippen LogP contribution in [0.5, 0.6) is 0 Å². The monoisotopic (exact) mass is 292 g/mol. The Morgan fingerprint density at radius 1 is 1.24 bits per heavy atom. The fourth-order valence-corrected chi connectivity index (χ4v) is 2.33. The lowest BCUT2D eigenvalue weighted by Crippen LogP contribution is -2.29. The molecule has 5 heteroatoms. The number of nitrogens with one attached hydrogen (secondary N) is 1. The van der Waals surface area contributed by atoms with Crippen LogP contribution in [0.25, 0.3) is 0 Å². The first-order valence-electron chi connectivity index (χ1n) is 5.69. The van der Waals surface area contributed by atoms with Crippen molar-refractivity contribution in [1.29, 1.82) is 0 Å². The zero-order chi connectivity index (χ0) is 11.7. The first-order chi connectivity index (χ1) is 8.33. The molecule has 1 aromatic heterocycles. The van der Waals surface area contributed by atoms with Crippen molar-refractivity contribution in [2.75, 3.05) is 6.54 Å². The van der Waals surface area contributed by atoms with Gasteiger partial charge in [0.05, 0.1) is 6.54 Å². The van der Waals surface area contributed by atoms with Gasteiger partial charge in [-0.3, -0.25) is 0 Å². The molecule has 0 saturated heterocycles. The van der Waals surface area contributed by atoms with Crippen molar-refractivity contribution in [3.8, 4) is 0 Å². The molecule has 0 spiro atoms. The van der Waals surface area contributed by atoms with E-state index in [1.807, 2.05) is 0 Å². The van der Waals surface area contributed by atoms with Gasteiger partial charge in [-0.2, -0.15) is 0 Å². The second-order valence-corrected chi connectivity index (χ2v) is 5.08. The van der Waals surface area contributed by atoms with Crippen LogP contribution in [-0.2, 0) is 19.5 Å². The number of rotatable bonds is 2. The topological polar surface area (TPSA) is 42.7 Å². The third kappa shape index (κ3) is 2.25. The largest absolute Gasteiger partial charge is 0.312 e. The van der Waals surface area contributed by atoms with E-state index in [4.69, 9.17) is 0 Å². The first-order valence-corrected chi connectivity index (χ1v) is 6.48. The highest BCUT2D eigenvalue weighted by Crippen LogP contribution is 2.14. The van der Waals surface area contributed by atoms with Crippen molar-refractivity contribution in [2.24, 2.45) is 0 Å². The Morgan fingerprint density at radius 2 is 2.06 bits per heavy atom. The lowest BCUT2D eigenvalue weighted by Gasteiger charge is -2.15. The SMILES string of the molecule is Brc1ccc(Cc2nnc3n2CCNC3)cc1. The van der Waals surface area contributed by atoms with E-state index in [1.165, 1.54) is 5.56 Å². The second kappa shape index (κ2) is 4.58. The van der Waals surface area contributed by atoms with E-state index >= 15 is 0 Å². The molecule has 4 nitrogen and oxygen atoms in total. The summed E-state index contributed by atoms with van der Waals surface area (Å²) in [5, 5.41) is 11.8. The van der Waals surface area contributed by atoms with Crippen molar-refractivity contribution >= 4 is 15.9 Å². The molecule has 0 unspecified atom stereocenters. The molecule has 0 radical (unpaired) electrons. The van der Waals surface area contributed by atoms with Gasteiger partial charge in [0.25, 0.3) is 0 Å². The smallest absolute Gasteiger partial charge is 0.147 e. The summed E-state index contributed by atoms with van der Waals surface area (Å²) in [5.41, 5.74) is 1.27. The maximum Gasteiger partial charge on any atom is 0.147 e. The molecule has 1 aromatic carbocycles. The lowest BCUT2D eigenvalue weighted by atomic mass is 10.1. The molecule has 0 bridgehead atoms. The summed E-state index contributed by atoms with van der Waals surface area (Å²) >= 11 is 3.44. The molecule has 17 heavy (non-hydrogen) atoms. The maximum atomic E-state index is 4.28. The van der Waals surface area contributed by atoms with E-state index in [0.717, 1.165) is 42.2 Å². The van der Waals surface area contributed by atoms with Crippen LogP contribution in [0.4, 0.5) is 0 Å². The molecule has 88 valence electrons. The van der Waals surface area contributed by atoms with E-state index < -0.39 is 0 Å². The quantitative estimate of drug-likeness (QED) is 0.917. The van der Waals surface area contributed by atoms with E-state index in [2.05, 4.69) is 60.3 Å². The van der Waals surface area contributed by atoms with Gasteiger partial charge in [-0.1, -0.05) is 28.1 Å². The summed E-state index contributed by atoms with van der Waals surface area (Å²) < 4.78 is 3.33. The predicted octanol–water partition coefficient (Wildman–Crippen LogP) is 1.73. The van der Waals surface area contributed by atoms with Gasteiger partial charge in [0, 0.05) is 24.0 Å². The van der Waals surface area contributed by atoms with Gasteiger partial charge in [0.15, 0.2) is 0 Å². The zero-order valence-electron chi connectivity index (χ0n) is 9.36. The predicted molar refractivity (Wildman–Crippen MR) is 68.7 cm³/mol. The van der Waals surface area contributed by atoms with Gasteiger partial charge in [-0.25, -0.2) is 0 Å². The molecule has 0 amide bonds. The average molecular weight is 293 g/mol. The van der Waals surface area contributed by atoms with Crippen molar-refractivity contribution < 1.29 is 0 Å². The average Bonchev–Trinajstić information content (AvgIpc) is 2.76. The molecule has 0 saturated carbocycles. The summed E-state index contributed by atoms with van der Waals surface area (Å²) in [6.07, 6.45) is 0.847. The summed E-state index contributed by atoms with van der Waals surface area (Å²) in [6.45, 7) is 2.79. The molecule has 2 heterocycles. The molecule has 0 aliphatic carbocycles. The van der Waals surface area contributed by atoms with Crippen LogP contribution in [-0.4, -0.2) is 21.3 Å². The lowest BCUT2D eigenvalue weighted by molar-refractivity contribution is 0.496. The first kappa shape index (κ1) is 10.9. The van der Waals surface area contributed by atoms with Crippen LogP contribution >= 0.6 is 15.9 Å². The summed E-state index contributed by atoms with van der Waals surface area (Å²) in [6, 6.07) is 8.36. The van der Waals surface area contributed by atoms with E-state index in [1.54, 1.807) is 0 Å². The molecule has 0 fully saturated rings. The minimum atomic E-state index is 0.827. The normalized spacial score (nSPS) is 14.6. The molecule has 2 aromatic rings. The van der Waals surface area contributed by atoms with Crippen molar-refractivity contribution in [3.05, 3.63) is 46.0 Å². The fraction of sp³-hybridized carbons (Fsp3) is 0.333. The van der Waals surface area contributed by atoms with Gasteiger partial charge < -0.3 is 9.88 Å². The molecule has 1 N–H and O–H groups in total. The number of benzene rings is 1. The number of hydrogen-bond donors (Lipinski definition) is 1. The van der Waals surface area contributed by atoms with Crippen LogP contribution in [0.1, 0.15) is 17.2 Å². The molecular weight excluding hydrogens is 280 g/mol. The summed E-state index contributed by atoms with van der Waals surface area (Å²) in [5.74, 6) is 2.10. The van der Waals surface area contributed by atoms with E-state index in [0.29, 0.717) is 0 Å². The van der Waals surface area contributed by atoms with E-state index in [-0.39, 0.29) is 0 Å². The van der Waals surface area contributed by atoms with Crippen molar-refractivity contribution in [2.45, 2.75) is 19.5 Å². The third-order valence-electron chi connectivity index (χ3n) is 2.97. The Balaban J connectivity index is 1.85. The van der Waals surface area contributed by atoms with Gasteiger partial charge in [0.2, 0.25) is 0 Å². The third-order valence-corrected chi connectivity index (χ3v) is 3.50. The van der Waals surface area contributed by atoms with Crippen LogP contribution in [0.15, 0.2) is 28.7 Å². The Kier molecular flexibility index (Phi) is 2.94. The minimum Gasteiger partial charge on any atom is -0.312 e. The zero-order valence-corrected chi connectivity index (χ0v) is 10.9. The van der Waals surface area contributed by atoms with Gasteiger partial charge in [-0.15, -0.1) is 10.2 Å². The highest BCUT2D eigenvalue weighted by molar-refractivity contribution is 9.10. The molecule has 0 atom stereocenters. The van der Waals surface area contributed by atoms with Crippen LogP contribution in [0.2, 0.25) is 0 Å². The van der Waals surface area contributed by atoms with Crippen LogP contribution in [0, 0.1) is 0 Å². The highest BCUT2D eigenvalue weighted by atomic mass is 79.9. The Bertz CT molecular complexity index is 518. The van der Waals surface area contributed by atoms with Crippen molar-refractivity contribution in [1.82, 2.24) is 20.1 Å². The standard InChI is InChI=1S/C12H13BrN4/c13-10-3-1-9(2-4-10)7-11-15-16-12-8-14-5-6-17(11)12/h1-4,14H,5-8H2. The molecule has 1 aliphatic rings. The molecular formula is C12H13BrN4. The Labute approximate surface area is 108 Å². The highest BCUT2D eigenvalue weighted by Gasteiger charge is 2.15.